The second-order valence-electron chi connectivity index (χ2n) is 4.81. The van der Waals surface area contributed by atoms with Crippen molar-refractivity contribution in [1.82, 2.24) is 4.72 Å². The lowest BCUT2D eigenvalue weighted by Crippen LogP contribution is -2.50. The molecule has 0 aliphatic rings. The maximum absolute atomic E-state index is 12.4. The Morgan fingerprint density at radius 1 is 1.33 bits per heavy atom. The van der Waals surface area contributed by atoms with E-state index in [-0.39, 0.29) is 22.8 Å². The highest BCUT2D eigenvalue weighted by Crippen LogP contribution is 2.24. The Balaban J connectivity index is 3.23. The van der Waals surface area contributed by atoms with Crippen molar-refractivity contribution in [2.24, 2.45) is 0 Å². The predicted molar refractivity (Wildman–Crippen MR) is 78.5 cm³/mol. The first kappa shape index (κ1) is 17.4. The maximum Gasteiger partial charge on any atom is 0.335 e. The summed E-state index contributed by atoms with van der Waals surface area (Å²) in [6, 6.07) is 3.41. The molecule has 1 aromatic carbocycles. The highest BCUT2D eigenvalue weighted by Gasteiger charge is 2.32. The Morgan fingerprint density at radius 3 is 2.29 bits per heavy atom. The van der Waals surface area contributed by atoms with Crippen LogP contribution in [-0.2, 0) is 10.0 Å². The van der Waals surface area contributed by atoms with Gasteiger partial charge in [-0.1, -0.05) is 13.8 Å². The molecule has 0 aromatic heterocycles. The van der Waals surface area contributed by atoms with Crippen molar-refractivity contribution >= 4 is 21.7 Å². The van der Waals surface area contributed by atoms with E-state index < -0.39 is 21.5 Å². The Bertz CT molecular complexity index is 615. The number of carboxylic acid groups (broad SMARTS) is 1. The lowest BCUT2D eigenvalue weighted by atomic mass is 9.96. The molecule has 1 aromatic rings. The normalized spacial score (nSPS) is 12.3. The third-order valence-electron chi connectivity index (χ3n) is 3.55. The van der Waals surface area contributed by atoms with Gasteiger partial charge in [-0.2, -0.15) is 0 Å². The van der Waals surface area contributed by atoms with Gasteiger partial charge in [0.05, 0.1) is 23.4 Å². The van der Waals surface area contributed by atoms with Crippen LogP contribution in [-0.4, -0.2) is 36.7 Å². The number of aliphatic hydroxyl groups is 1. The Labute approximate surface area is 123 Å². The Kier molecular flexibility index (Phi) is 5.32. The fraction of sp³-hybridized carbons (Fsp3) is 0.462. The number of sulfonamides is 1. The molecule has 0 aliphatic heterocycles. The van der Waals surface area contributed by atoms with Crippen LogP contribution in [0.2, 0.25) is 0 Å². The third-order valence-corrected chi connectivity index (χ3v) is 5.21. The number of carboxylic acids is 1. The van der Waals surface area contributed by atoms with Crippen LogP contribution in [0, 0.1) is 0 Å². The highest BCUT2D eigenvalue weighted by molar-refractivity contribution is 7.89. The van der Waals surface area contributed by atoms with E-state index in [1.807, 2.05) is 0 Å². The molecule has 0 saturated carbocycles. The van der Waals surface area contributed by atoms with Crippen LogP contribution in [0.3, 0.4) is 0 Å². The van der Waals surface area contributed by atoms with E-state index in [0.717, 1.165) is 12.1 Å². The van der Waals surface area contributed by atoms with Crippen molar-refractivity contribution < 1.29 is 23.4 Å². The van der Waals surface area contributed by atoms with Gasteiger partial charge in [0, 0.05) is 0 Å². The number of aliphatic hydroxyl groups excluding tert-OH is 1. The lowest BCUT2D eigenvalue weighted by Gasteiger charge is -2.30. The quantitative estimate of drug-likeness (QED) is 0.550. The molecule has 1 rings (SSSR count). The zero-order chi connectivity index (χ0) is 16.3. The summed E-state index contributed by atoms with van der Waals surface area (Å²) >= 11 is 0. The van der Waals surface area contributed by atoms with Crippen LogP contribution in [0.1, 0.15) is 37.0 Å². The summed E-state index contributed by atoms with van der Waals surface area (Å²) in [5.74, 6) is -1.19. The van der Waals surface area contributed by atoms with Crippen molar-refractivity contribution in [3.63, 3.8) is 0 Å². The highest BCUT2D eigenvalue weighted by atomic mass is 32.2. The molecule has 0 saturated heterocycles. The van der Waals surface area contributed by atoms with Crippen LogP contribution in [0.15, 0.2) is 23.1 Å². The number of benzene rings is 1. The lowest BCUT2D eigenvalue weighted by molar-refractivity contribution is 0.0697. The number of nitrogens with one attached hydrogen (secondary N) is 1. The number of hydrogen-bond donors (Lipinski definition) is 4. The second kappa shape index (κ2) is 6.42. The summed E-state index contributed by atoms with van der Waals surface area (Å²) in [5, 5.41) is 18.3. The minimum absolute atomic E-state index is 0.0918. The van der Waals surface area contributed by atoms with E-state index in [4.69, 9.17) is 10.8 Å². The molecule has 0 spiro atoms. The van der Waals surface area contributed by atoms with Crippen molar-refractivity contribution in [1.29, 1.82) is 0 Å². The summed E-state index contributed by atoms with van der Waals surface area (Å²) in [4.78, 5) is 10.6. The molecular weight excluding hydrogens is 296 g/mol. The minimum Gasteiger partial charge on any atom is -0.478 e. The van der Waals surface area contributed by atoms with E-state index in [1.165, 1.54) is 6.07 Å². The molecule has 0 radical (unpaired) electrons. The molecule has 0 aliphatic carbocycles. The van der Waals surface area contributed by atoms with Crippen LogP contribution in [0.4, 0.5) is 5.69 Å². The monoisotopic (exact) mass is 316 g/mol. The van der Waals surface area contributed by atoms with Gasteiger partial charge in [-0.15, -0.1) is 0 Å². The van der Waals surface area contributed by atoms with Gasteiger partial charge in [-0.3, -0.25) is 0 Å². The smallest absolute Gasteiger partial charge is 0.335 e. The summed E-state index contributed by atoms with van der Waals surface area (Å²) in [6.07, 6.45) is 0.818. The molecular formula is C13H20N2O5S. The average Bonchev–Trinajstić information content (AvgIpc) is 2.44. The molecule has 0 bridgehead atoms. The summed E-state index contributed by atoms with van der Waals surface area (Å²) < 4.78 is 27.2. The number of rotatable bonds is 7. The van der Waals surface area contributed by atoms with Gasteiger partial charge in [0.25, 0.3) is 0 Å². The molecule has 0 atom stereocenters. The van der Waals surface area contributed by atoms with Crippen molar-refractivity contribution in [2.45, 2.75) is 37.1 Å². The standard InChI is InChI=1S/C13H20N2O5S/c1-3-13(4-2,8-16)15-21(19,20)11-6-5-9(12(17)18)7-10(11)14/h5-7,15-16H,3-4,8,14H2,1-2H3,(H,17,18). The molecule has 8 heteroatoms. The summed E-state index contributed by atoms with van der Waals surface area (Å²) in [7, 11) is -3.96. The van der Waals surface area contributed by atoms with E-state index in [0.29, 0.717) is 12.8 Å². The number of hydrogen-bond acceptors (Lipinski definition) is 5. The molecule has 0 amide bonds. The Hall–Kier alpha value is -1.64. The third kappa shape index (κ3) is 3.72. The summed E-state index contributed by atoms with van der Waals surface area (Å²) in [6.45, 7) is 3.19. The molecule has 7 nitrogen and oxygen atoms in total. The van der Waals surface area contributed by atoms with Gasteiger partial charge in [0.1, 0.15) is 4.90 Å². The van der Waals surface area contributed by atoms with Gasteiger partial charge < -0.3 is 15.9 Å². The largest absolute Gasteiger partial charge is 0.478 e. The number of anilines is 1. The van der Waals surface area contributed by atoms with Gasteiger partial charge in [-0.05, 0) is 31.0 Å². The molecule has 0 unspecified atom stereocenters. The van der Waals surface area contributed by atoms with Crippen molar-refractivity contribution in [3.05, 3.63) is 23.8 Å². The van der Waals surface area contributed by atoms with Gasteiger partial charge >= 0.3 is 5.97 Å². The fourth-order valence-corrected chi connectivity index (χ4v) is 3.57. The zero-order valence-electron chi connectivity index (χ0n) is 12.0. The van der Waals surface area contributed by atoms with E-state index in [2.05, 4.69) is 4.72 Å². The Morgan fingerprint density at radius 2 is 1.90 bits per heavy atom. The molecule has 118 valence electrons. The first-order valence-corrected chi connectivity index (χ1v) is 7.97. The van der Waals surface area contributed by atoms with Gasteiger partial charge in [0.15, 0.2) is 0 Å². The number of nitrogens with two attached hydrogens (primary N) is 1. The second-order valence-corrected chi connectivity index (χ2v) is 6.46. The SMILES string of the molecule is CCC(CC)(CO)NS(=O)(=O)c1ccc(C(=O)O)cc1N. The predicted octanol–water partition coefficient (Wildman–Crippen LogP) is 0.796. The zero-order valence-corrected chi connectivity index (χ0v) is 12.8. The number of nitrogen functional groups attached to an aromatic ring is 1. The van der Waals surface area contributed by atoms with Crippen LogP contribution in [0.25, 0.3) is 0 Å². The molecule has 0 fully saturated rings. The first-order valence-electron chi connectivity index (χ1n) is 6.49. The van der Waals surface area contributed by atoms with Gasteiger partial charge in [-0.25, -0.2) is 17.9 Å². The van der Waals surface area contributed by atoms with Gasteiger partial charge in [0.2, 0.25) is 10.0 Å². The minimum atomic E-state index is -3.96. The fourth-order valence-electron chi connectivity index (χ4n) is 1.92. The van der Waals surface area contributed by atoms with E-state index >= 15 is 0 Å². The van der Waals surface area contributed by atoms with Crippen molar-refractivity contribution in [2.75, 3.05) is 12.3 Å². The number of carbonyl (C=O) groups is 1. The molecule has 21 heavy (non-hydrogen) atoms. The van der Waals surface area contributed by atoms with E-state index in [1.54, 1.807) is 13.8 Å². The van der Waals surface area contributed by atoms with Crippen LogP contribution >= 0.6 is 0 Å². The topological polar surface area (TPSA) is 130 Å². The maximum atomic E-state index is 12.4. The molecule has 5 N–H and O–H groups in total. The molecule has 0 heterocycles. The average molecular weight is 316 g/mol. The van der Waals surface area contributed by atoms with Crippen LogP contribution in [0.5, 0.6) is 0 Å². The number of aromatic carboxylic acids is 1. The first-order chi connectivity index (χ1) is 9.71. The summed E-state index contributed by atoms with van der Waals surface area (Å²) in [5.41, 5.74) is 4.44. The van der Waals surface area contributed by atoms with Crippen molar-refractivity contribution in [3.8, 4) is 0 Å². The van der Waals surface area contributed by atoms with Crippen LogP contribution < -0.4 is 10.5 Å². The van der Waals surface area contributed by atoms with E-state index in [9.17, 15) is 18.3 Å².